The van der Waals surface area contributed by atoms with E-state index in [1.165, 1.54) is 4.90 Å². The molecule has 1 fully saturated rings. The number of carbonyl (C=O) groups is 2. The van der Waals surface area contributed by atoms with Crippen LogP contribution in [0.2, 0.25) is 0 Å². The van der Waals surface area contributed by atoms with Gasteiger partial charge in [0.05, 0.1) is 21.9 Å². The molecule has 2 aliphatic rings. The Morgan fingerprint density at radius 3 is 2.54 bits per heavy atom. The van der Waals surface area contributed by atoms with E-state index in [0.29, 0.717) is 11.3 Å². The minimum absolute atomic E-state index is 0.158. The molecule has 2 heterocycles. The number of para-hydroxylation sites is 1. The van der Waals surface area contributed by atoms with E-state index >= 15 is 0 Å². The Hall–Kier alpha value is -1.75. The first kappa shape index (κ1) is 17.1. The van der Waals surface area contributed by atoms with Crippen LogP contribution >= 0.6 is 24.0 Å². The van der Waals surface area contributed by atoms with Crippen LogP contribution in [0.5, 0.6) is 0 Å². The van der Waals surface area contributed by atoms with E-state index < -0.39 is 21.8 Å². The van der Waals surface area contributed by atoms with E-state index in [-0.39, 0.29) is 27.3 Å². The third-order valence-corrected chi connectivity index (χ3v) is 5.85. The molecule has 0 spiro atoms. The first-order valence-electron chi connectivity index (χ1n) is 6.81. The zero-order valence-corrected chi connectivity index (χ0v) is 14.9. The minimum Gasteiger partial charge on any atom is -0.311 e. The smallest absolute Gasteiger partial charge is 0.267 e. The third kappa shape index (κ3) is 2.86. The van der Waals surface area contributed by atoms with Gasteiger partial charge in [-0.05, 0) is 6.07 Å². The molecule has 126 valence electrons. The molecule has 0 saturated carbocycles. The number of likely N-dealkylation sites (N-methyl/N-ethyl adjacent to an activating group) is 1. The number of anilines is 1. The lowest BCUT2D eigenvalue weighted by atomic mass is 10.1. The number of hydrogen-bond donors (Lipinski definition) is 1. The predicted molar refractivity (Wildman–Crippen MR) is 95.1 cm³/mol. The molecule has 0 atom stereocenters. The molecular weight excluding hydrogens is 372 g/mol. The topological polar surface area (TPSA) is 95.0 Å². The van der Waals surface area contributed by atoms with Gasteiger partial charge >= 0.3 is 0 Å². The third-order valence-electron chi connectivity index (χ3n) is 3.70. The van der Waals surface area contributed by atoms with Crippen molar-refractivity contribution < 1.29 is 22.6 Å². The summed E-state index contributed by atoms with van der Waals surface area (Å²) < 4.78 is 30.8. The molecule has 7 nitrogen and oxygen atoms in total. The Labute approximate surface area is 148 Å². The van der Waals surface area contributed by atoms with E-state index in [2.05, 4.69) is 0 Å². The molecule has 0 radical (unpaired) electrons. The summed E-state index contributed by atoms with van der Waals surface area (Å²) in [5, 5.41) is 0. The predicted octanol–water partition coefficient (Wildman–Crippen LogP) is 1.12. The van der Waals surface area contributed by atoms with Crippen LogP contribution in [0.3, 0.4) is 0 Å². The van der Waals surface area contributed by atoms with Crippen molar-refractivity contribution in [2.24, 2.45) is 0 Å². The zero-order chi connectivity index (χ0) is 17.6. The minimum atomic E-state index is -4.22. The highest BCUT2D eigenvalue weighted by Gasteiger charge is 2.41. The number of thiocarbonyl (C=S) groups is 1. The lowest BCUT2D eigenvalue weighted by Gasteiger charge is -2.12. The normalized spacial score (nSPS) is 21.0. The van der Waals surface area contributed by atoms with Gasteiger partial charge in [0.1, 0.15) is 4.32 Å². The maximum atomic E-state index is 12.6. The summed E-state index contributed by atoms with van der Waals surface area (Å²) in [5.74, 6) is -1.46. The summed E-state index contributed by atoms with van der Waals surface area (Å²) in [6.45, 7) is -0.258. The summed E-state index contributed by atoms with van der Waals surface area (Å²) in [7, 11) is -2.60. The number of rotatable bonds is 3. The molecule has 2 aliphatic heterocycles. The lowest BCUT2D eigenvalue weighted by molar-refractivity contribution is -0.122. The molecule has 3 rings (SSSR count). The van der Waals surface area contributed by atoms with Gasteiger partial charge in [0.15, 0.2) is 0 Å². The van der Waals surface area contributed by atoms with Gasteiger partial charge in [-0.3, -0.25) is 19.0 Å². The highest BCUT2D eigenvalue weighted by Crippen LogP contribution is 2.43. The van der Waals surface area contributed by atoms with Crippen molar-refractivity contribution >= 4 is 61.5 Å². The summed E-state index contributed by atoms with van der Waals surface area (Å²) >= 11 is 6.08. The van der Waals surface area contributed by atoms with Gasteiger partial charge in [0.25, 0.3) is 21.9 Å². The Kier molecular flexibility index (Phi) is 4.24. The quantitative estimate of drug-likeness (QED) is 0.474. The first-order valence-corrected chi connectivity index (χ1v) is 9.64. The van der Waals surface area contributed by atoms with E-state index in [9.17, 15) is 18.0 Å². The standard InChI is InChI=1S/C14H12N2O5S3/c1-15-9-5-3-2-4-8(9)10(12(15)17)11-13(18)16(14(22)23-11)6-7-24(19,20)21/h2-5H,6-7H2,1H3,(H,19,20,21)/b11-10-. The maximum Gasteiger partial charge on any atom is 0.267 e. The van der Waals surface area contributed by atoms with Gasteiger partial charge in [-0.1, -0.05) is 42.2 Å². The van der Waals surface area contributed by atoms with Crippen LogP contribution < -0.4 is 4.90 Å². The Morgan fingerprint density at radius 2 is 1.88 bits per heavy atom. The molecule has 24 heavy (non-hydrogen) atoms. The monoisotopic (exact) mass is 384 g/mol. The summed E-state index contributed by atoms with van der Waals surface area (Å²) in [6, 6.07) is 7.09. The molecule has 1 aromatic carbocycles. The molecule has 10 heteroatoms. The van der Waals surface area contributed by atoms with Crippen LogP contribution in [0.15, 0.2) is 29.2 Å². The van der Waals surface area contributed by atoms with E-state index in [1.807, 2.05) is 0 Å². The van der Waals surface area contributed by atoms with Crippen LogP contribution in [0.4, 0.5) is 5.69 Å². The molecule has 0 aliphatic carbocycles. The maximum absolute atomic E-state index is 12.6. The van der Waals surface area contributed by atoms with E-state index in [1.54, 1.807) is 31.3 Å². The van der Waals surface area contributed by atoms with Gasteiger partial charge in [0.2, 0.25) is 0 Å². The van der Waals surface area contributed by atoms with Crippen molar-refractivity contribution in [2.75, 3.05) is 24.2 Å². The number of nitrogens with zero attached hydrogens (tertiary/aromatic N) is 2. The second-order valence-corrected chi connectivity index (χ2v) is 8.41. The van der Waals surface area contributed by atoms with Crippen LogP contribution in [0.1, 0.15) is 5.56 Å². The average Bonchev–Trinajstić information content (AvgIpc) is 2.92. The lowest BCUT2D eigenvalue weighted by Crippen LogP contribution is -2.33. The number of amides is 2. The highest BCUT2D eigenvalue weighted by molar-refractivity contribution is 8.26. The van der Waals surface area contributed by atoms with Crippen molar-refractivity contribution in [3.63, 3.8) is 0 Å². The number of benzene rings is 1. The fourth-order valence-electron chi connectivity index (χ4n) is 2.54. The summed E-state index contributed by atoms with van der Waals surface area (Å²) in [4.78, 5) is 27.8. The molecule has 0 aromatic heterocycles. The molecular formula is C14H12N2O5S3. The average molecular weight is 384 g/mol. The number of fused-ring (bicyclic) bond motifs is 1. The molecule has 1 N–H and O–H groups in total. The Balaban J connectivity index is 2.01. The molecule has 0 unspecified atom stereocenters. The second kappa shape index (κ2) is 5.96. The first-order chi connectivity index (χ1) is 11.2. The summed E-state index contributed by atoms with van der Waals surface area (Å²) in [6.07, 6.45) is 0. The number of carbonyl (C=O) groups excluding carboxylic acids is 2. The molecule has 1 saturated heterocycles. The molecule has 1 aromatic rings. The van der Waals surface area contributed by atoms with Gasteiger partial charge in [-0.15, -0.1) is 0 Å². The van der Waals surface area contributed by atoms with Crippen LogP contribution in [0, 0.1) is 0 Å². The summed E-state index contributed by atoms with van der Waals surface area (Å²) in [5.41, 5.74) is 1.60. The molecule has 2 amide bonds. The fraction of sp³-hybridized carbons (Fsp3) is 0.214. The van der Waals surface area contributed by atoms with Crippen molar-refractivity contribution in [1.82, 2.24) is 4.90 Å². The van der Waals surface area contributed by atoms with Gasteiger partial charge in [-0.2, -0.15) is 8.42 Å². The van der Waals surface area contributed by atoms with Gasteiger partial charge in [0, 0.05) is 19.2 Å². The number of hydrogen-bond acceptors (Lipinski definition) is 6. The zero-order valence-electron chi connectivity index (χ0n) is 12.4. The van der Waals surface area contributed by atoms with E-state index in [0.717, 1.165) is 16.7 Å². The Morgan fingerprint density at radius 1 is 1.21 bits per heavy atom. The van der Waals surface area contributed by atoms with Crippen molar-refractivity contribution in [1.29, 1.82) is 0 Å². The van der Waals surface area contributed by atoms with Crippen LogP contribution in [0.25, 0.3) is 5.57 Å². The van der Waals surface area contributed by atoms with Crippen molar-refractivity contribution in [3.8, 4) is 0 Å². The Bertz CT molecular complexity index is 907. The van der Waals surface area contributed by atoms with Crippen LogP contribution in [-0.2, 0) is 19.7 Å². The van der Waals surface area contributed by atoms with Gasteiger partial charge < -0.3 is 4.90 Å². The second-order valence-electron chi connectivity index (χ2n) is 5.20. The molecule has 0 bridgehead atoms. The number of thioether (sulfide) groups is 1. The van der Waals surface area contributed by atoms with Crippen molar-refractivity contribution in [3.05, 3.63) is 34.7 Å². The van der Waals surface area contributed by atoms with Gasteiger partial charge in [-0.25, -0.2) is 0 Å². The van der Waals surface area contributed by atoms with E-state index in [4.69, 9.17) is 16.8 Å². The highest BCUT2D eigenvalue weighted by atomic mass is 32.2. The fourth-order valence-corrected chi connectivity index (χ4v) is 4.33. The van der Waals surface area contributed by atoms with Crippen molar-refractivity contribution in [2.45, 2.75) is 0 Å². The SMILES string of the molecule is CN1C(=O)/C(=C2\SC(=S)N(CCS(=O)(=O)O)C2=O)c2ccccc21. The largest absolute Gasteiger partial charge is 0.311 e. The van der Waals surface area contributed by atoms with Crippen LogP contribution in [-0.4, -0.2) is 53.4 Å².